The van der Waals surface area contributed by atoms with E-state index in [1.54, 1.807) is 19.9 Å². The molecular formula is C17H23N2O5+. The van der Waals surface area contributed by atoms with Crippen molar-refractivity contribution in [3.8, 4) is 23.8 Å². The van der Waals surface area contributed by atoms with Crippen LogP contribution in [0, 0.1) is 23.2 Å². The summed E-state index contributed by atoms with van der Waals surface area (Å²) in [5.74, 6) is 2.34. The number of aliphatic hydroxyl groups is 1. The van der Waals surface area contributed by atoms with E-state index in [9.17, 15) is 14.8 Å². The van der Waals surface area contributed by atoms with Crippen molar-refractivity contribution >= 4 is 11.6 Å². The number of hydrogen-bond donors (Lipinski definition) is 2. The first-order valence-corrected chi connectivity index (χ1v) is 7.46. The fourth-order valence-electron chi connectivity index (χ4n) is 2.05. The van der Waals surface area contributed by atoms with Gasteiger partial charge >= 0.3 is 0 Å². The highest BCUT2D eigenvalue weighted by molar-refractivity contribution is 5.78. The van der Waals surface area contributed by atoms with Gasteiger partial charge in [0.15, 0.2) is 18.5 Å². The van der Waals surface area contributed by atoms with E-state index >= 15 is 0 Å². The number of nitrogens with zero attached hydrogens (tertiary/aromatic N) is 1. The fraction of sp³-hybridized carbons (Fsp3) is 0.471. The molecule has 130 valence electrons. The minimum absolute atomic E-state index is 0.0861. The van der Waals surface area contributed by atoms with Crippen molar-refractivity contribution in [2.75, 3.05) is 27.3 Å². The second-order valence-corrected chi connectivity index (χ2v) is 5.37. The first-order valence-electron chi connectivity index (χ1n) is 7.46. The zero-order chi connectivity index (χ0) is 18.3. The Morgan fingerprint density at radius 2 is 2.08 bits per heavy atom. The molecule has 1 aromatic rings. The SMILES string of the molecule is C#CCNC(=O)C(C)COc1cc([N+](C)=O)c(C(C)O)cc1OC. The second kappa shape index (κ2) is 8.89. The first-order chi connectivity index (χ1) is 11.3. The van der Waals surface area contributed by atoms with Crippen molar-refractivity contribution in [2.24, 2.45) is 5.92 Å². The zero-order valence-corrected chi connectivity index (χ0v) is 14.3. The highest BCUT2D eigenvalue weighted by atomic mass is 16.5. The van der Waals surface area contributed by atoms with Crippen molar-refractivity contribution in [1.82, 2.24) is 5.32 Å². The second-order valence-electron chi connectivity index (χ2n) is 5.37. The predicted molar refractivity (Wildman–Crippen MR) is 89.3 cm³/mol. The van der Waals surface area contributed by atoms with Gasteiger partial charge in [-0.2, -0.15) is 0 Å². The Kier molecular flexibility index (Phi) is 7.21. The minimum atomic E-state index is -0.840. The number of terminal acetylenes is 1. The van der Waals surface area contributed by atoms with Crippen molar-refractivity contribution in [1.29, 1.82) is 0 Å². The molecule has 1 aromatic carbocycles. The average molecular weight is 335 g/mol. The van der Waals surface area contributed by atoms with Crippen LogP contribution in [0.4, 0.5) is 5.69 Å². The van der Waals surface area contributed by atoms with E-state index in [4.69, 9.17) is 15.9 Å². The lowest BCUT2D eigenvalue weighted by molar-refractivity contribution is -0.429. The van der Waals surface area contributed by atoms with Gasteiger partial charge in [0.1, 0.15) is 0 Å². The molecule has 0 aliphatic heterocycles. The van der Waals surface area contributed by atoms with Crippen LogP contribution in [0.2, 0.25) is 0 Å². The van der Waals surface area contributed by atoms with Crippen LogP contribution < -0.4 is 14.8 Å². The third kappa shape index (κ3) is 4.96. The van der Waals surface area contributed by atoms with Crippen molar-refractivity contribution in [3.63, 3.8) is 0 Å². The molecule has 0 spiro atoms. The summed E-state index contributed by atoms with van der Waals surface area (Å²) in [6.45, 7) is 3.49. The number of carbonyl (C=O) groups is 1. The van der Waals surface area contributed by atoms with E-state index < -0.39 is 12.0 Å². The molecule has 0 aromatic heterocycles. The summed E-state index contributed by atoms with van der Waals surface area (Å²) in [6, 6.07) is 3.03. The van der Waals surface area contributed by atoms with Crippen LogP contribution in [0.25, 0.3) is 0 Å². The summed E-state index contributed by atoms with van der Waals surface area (Å²) in [5, 5.41) is 12.4. The molecule has 1 rings (SSSR count). The Bertz CT molecular complexity index is 649. The van der Waals surface area contributed by atoms with Crippen molar-refractivity contribution in [3.05, 3.63) is 22.6 Å². The highest BCUT2D eigenvalue weighted by Gasteiger charge is 2.24. The quantitative estimate of drug-likeness (QED) is 0.556. The molecule has 2 atom stereocenters. The van der Waals surface area contributed by atoms with E-state index in [0.717, 1.165) is 0 Å². The molecule has 0 saturated carbocycles. The summed E-state index contributed by atoms with van der Waals surface area (Å²) in [7, 11) is 2.78. The van der Waals surface area contributed by atoms with Gasteiger partial charge in [0.05, 0.1) is 43.9 Å². The maximum absolute atomic E-state index is 11.8. The van der Waals surface area contributed by atoms with E-state index in [2.05, 4.69) is 11.2 Å². The number of methoxy groups -OCH3 is 1. The van der Waals surface area contributed by atoms with E-state index in [1.807, 2.05) is 0 Å². The van der Waals surface area contributed by atoms with Crippen LogP contribution in [0.3, 0.4) is 0 Å². The van der Waals surface area contributed by atoms with Crippen LogP contribution in [-0.2, 0) is 4.79 Å². The maximum atomic E-state index is 11.8. The maximum Gasteiger partial charge on any atom is 0.265 e. The van der Waals surface area contributed by atoms with Gasteiger partial charge in [-0.15, -0.1) is 6.42 Å². The summed E-state index contributed by atoms with van der Waals surface area (Å²) in [5.41, 5.74) is 0.696. The number of nitroso groups, excluding NO2 is 1. The van der Waals surface area contributed by atoms with Crippen LogP contribution in [0.1, 0.15) is 25.5 Å². The Morgan fingerprint density at radius 3 is 2.58 bits per heavy atom. The molecule has 0 saturated heterocycles. The van der Waals surface area contributed by atoms with Crippen LogP contribution in [0.15, 0.2) is 12.1 Å². The average Bonchev–Trinajstić information content (AvgIpc) is 2.56. The number of benzene rings is 1. The van der Waals surface area contributed by atoms with Gasteiger partial charge in [-0.25, -0.2) is 0 Å². The van der Waals surface area contributed by atoms with Gasteiger partial charge in [-0.1, -0.05) is 12.8 Å². The van der Waals surface area contributed by atoms with Gasteiger partial charge in [-0.05, 0) is 13.0 Å². The highest BCUT2D eigenvalue weighted by Crippen LogP contribution is 2.37. The predicted octanol–water partition coefficient (Wildman–Crippen LogP) is 1.55. The molecule has 7 nitrogen and oxygen atoms in total. The number of nitrogens with one attached hydrogen (secondary N) is 1. The van der Waals surface area contributed by atoms with Crippen LogP contribution in [0.5, 0.6) is 11.5 Å². The normalized spacial score (nSPS) is 12.7. The number of aliphatic hydroxyl groups excluding tert-OH is 1. The fourth-order valence-corrected chi connectivity index (χ4v) is 2.05. The van der Waals surface area contributed by atoms with Crippen LogP contribution in [-0.4, -0.2) is 43.1 Å². The molecule has 1 amide bonds. The van der Waals surface area contributed by atoms with E-state index in [1.165, 1.54) is 20.2 Å². The van der Waals surface area contributed by atoms with Gasteiger partial charge in [0.2, 0.25) is 5.91 Å². The molecule has 2 N–H and O–H groups in total. The monoisotopic (exact) mass is 335 g/mol. The lowest BCUT2D eigenvalue weighted by Gasteiger charge is -2.16. The number of hydrogen-bond acceptors (Lipinski definition) is 5. The molecule has 2 unspecified atom stereocenters. The van der Waals surface area contributed by atoms with E-state index in [-0.39, 0.29) is 24.7 Å². The summed E-state index contributed by atoms with van der Waals surface area (Å²) < 4.78 is 11.5. The lowest BCUT2D eigenvalue weighted by atomic mass is 10.1. The molecule has 0 aliphatic carbocycles. The molecule has 7 heteroatoms. The number of carbonyl (C=O) groups excluding carboxylic acids is 1. The molecular weight excluding hydrogens is 312 g/mol. The first kappa shape index (κ1) is 19.5. The minimum Gasteiger partial charge on any atom is -0.493 e. The Hall–Kier alpha value is -2.59. The third-order valence-electron chi connectivity index (χ3n) is 3.40. The smallest absolute Gasteiger partial charge is 0.265 e. The van der Waals surface area contributed by atoms with Gasteiger partial charge < -0.3 is 19.9 Å². The number of amides is 1. The molecule has 0 bridgehead atoms. The van der Waals surface area contributed by atoms with E-state index in [0.29, 0.717) is 21.8 Å². The molecule has 0 radical (unpaired) electrons. The van der Waals surface area contributed by atoms with Gasteiger partial charge in [-0.3, -0.25) is 4.79 Å². The third-order valence-corrected chi connectivity index (χ3v) is 3.40. The largest absolute Gasteiger partial charge is 0.493 e. The lowest BCUT2D eigenvalue weighted by Crippen LogP contribution is -2.32. The Balaban J connectivity index is 2.99. The summed E-state index contributed by atoms with van der Waals surface area (Å²) in [4.78, 5) is 23.5. The molecule has 0 aliphatic rings. The molecule has 0 fully saturated rings. The Labute approximate surface area is 141 Å². The molecule has 0 heterocycles. The number of rotatable bonds is 8. The van der Waals surface area contributed by atoms with Crippen LogP contribution >= 0.6 is 0 Å². The van der Waals surface area contributed by atoms with Crippen molar-refractivity contribution in [2.45, 2.75) is 20.0 Å². The number of ether oxygens (including phenoxy) is 2. The summed E-state index contributed by atoms with van der Waals surface area (Å²) in [6.07, 6.45) is 4.26. The Morgan fingerprint density at radius 1 is 1.42 bits per heavy atom. The topological polar surface area (TPSA) is 87.9 Å². The van der Waals surface area contributed by atoms with Crippen molar-refractivity contribution < 1.29 is 24.1 Å². The standard InChI is InChI=1S/C17H22N2O5/c1-6-7-18-17(21)11(2)10-24-16-9-14(19(4)22)13(12(3)20)8-15(16)23-5/h1,8-9,11-12,20H,7,10H2,2-5H3/p+1. The summed E-state index contributed by atoms with van der Waals surface area (Å²) >= 11 is 0. The zero-order valence-electron chi connectivity index (χ0n) is 14.3. The van der Waals surface area contributed by atoms with Gasteiger partial charge in [0, 0.05) is 9.67 Å². The van der Waals surface area contributed by atoms with Gasteiger partial charge in [0.25, 0.3) is 5.69 Å². The molecule has 24 heavy (non-hydrogen) atoms.